The minimum atomic E-state index is 0.174. The van der Waals surface area contributed by atoms with Gasteiger partial charge in [0, 0.05) is 24.7 Å². The normalized spacial score (nSPS) is 10.0. The molecule has 15 heavy (non-hydrogen) atoms. The van der Waals surface area contributed by atoms with E-state index in [2.05, 4.69) is 4.98 Å². The van der Waals surface area contributed by atoms with Gasteiger partial charge in [-0.3, -0.25) is 9.78 Å². The molecule has 0 radical (unpaired) electrons. The number of hydrogen-bond acceptors (Lipinski definition) is 3. The number of pyridine rings is 1. The average Bonchev–Trinajstić information content (AvgIpc) is 2.16. The fourth-order valence-corrected chi connectivity index (χ4v) is 1.37. The largest absolute Gasteiger partial charge is 0.299 e. The van der Waals surface area contributed by atoms with E-state index < -0.39 is 0 Å². The van der Waals surface area contributed by atoms with Gasteiger partial charge in [0.25, 0.3) is 0 Å². The number of nitriles is 1. The topological polar surface area (TPSA) is 53.8 Å². The van der Waals surface area contributed by atoms with Crippen LogP contribution in [0.15, 0.2) is 18.3 Å². The molecule has 0 aromatic carbocycles. The second kappa shape index (κ2) is 5.26. The van der Waals surface area contributed by atoms with Crippen molar-refractivity contribution in [3.8, 4) is 6.07 Å². The van der Waals surface area contributed by atoms with E-state index in [1.165, 1.54) is 0 Å². The van der Waals surface area contributed by atoms with E-state index >= 15 is 0 Å². The highest BCUT2D eigenvalue weighted by Gasteiger charge is 2.07. The van der Waals surface area contributed by atoms with Crippen molar-refractivity contribution >= 4 is 5.78 Å². The van der Waals surface area contributed by atoms with Gasteiger partial charge < -0.3 is 0 Å². The Morgan fingerprint density at radius 3 is 2.93 bits per heavy atom. The molecule has 1 aromatic rings. The quantitative estimate of drug-likeness (QED) is 0.751. The first-order valence-electron chi connectivity index (χ1n) is 4.98. The maximum absolute atomic E-state index is 11.5. The highest BCUT2D eigenvalue weighted by Crippen LogP contribution is 2.06. The summed E-state index contributed by atoms with van der Waals surface area (Å²) in [5.74, 6) is 0.546. The Morgan fingerprint density at radius 1 is 1.60 bits per heavy atom. The number of rotatable bonds is 4. The zero-order valence-corrected chi connectivity index (χ0v) is 9.03. The number of ketones is 1. The third kappa shape index (κ3) is 3.90. The van der Waals surface area contributed by atoms with Crippen LogP contribution in [0, 0.1) is 17.2 Å². The molecule has 0 spiro atoms. The van der Waals surface area contributed by atoms with Crippen molar-refractivity contribution in [1.29, 1.82) is 5.26 Å². The Kier molecular flexibility index (Phi) is 3.99. The molecule has 3 nitrogen and oxygen atoms in total. The first-order chi connectivity index (χ1) is 7.11. The molecule has 0 unspecified atom stereocenters. The minimum Gasteiger partial charge on any atom is -0.299 e. The molecule has 1 aromatic heterocycles. The first kappa shape index (κ1) is 11.4. The standard InChI is InChI=1S/C12H14N2O/c1-9(2)5-12(15)7-11-6-10(8-13)3-4-14-11/h3-4,6,9H,5,7H2,1-2H3. The molecule has 1 rings (SSSR count). The Hall–Kier alpha value is -1.69. The number of carbonyl (C=O) groups excluding carboxylic acids is 1. The van der Waals surface area contributed by atoms with Gasteiger partial charge in [-0.1, -0.05) is 13.8 Å². The molecule has 0 aliphatic heterocycles. The van der Waals surface area contributed by atoms with Crippen LogP contribution in [0.2, 0.25) is 0 Å². The number of nitrogens with zero attached hydrogens (tertiary/aromatic N) is 2. The second-order valence-corrected chi connectivity index (χ2v) is 3.96. The van der Waals surface area contributed by atoms with Crippen LogP contribution in [-0.4, -0.2) is 10.8 Å². The highest BCUT2D eigenvalue weighted by atomic mass is 16.1. The third-order valence-electron chi connectivity index (χ3n) is 1.96. The zero-order chi connectivity index (χ0) is 11.3. The Balaban J connectivity index is 2.65. The molecule has 0 aliphatic carbocycles. The molecule has 0 bridgehead atoms. The summed E-state index contributed by atoms with van der Waals surface area (Å²) >= 11 is 0. The predicted molar refractivity (Wildman–Crippen MR) is 57.1 cm³/mol. The lowest BCUT2D eigenvalue weighted by Crippen LogP contribution is -2.07. The lowest BCUT2D eigenvalue weighted by Gasteiger charge is -2.03. The van der Waals surface area contributed by atoms with Crippen LogP contribution < -0.4 is 0 Å². The molecule has 0 fully saturated rings. The number of hydrogen-bond donors (Lipinski definition) is 0. The van der Waals surface area contributed by atoms with Gasteiger partial charge in [0.15, 0.2) is 0 Å². The molecule has 0 amide bonds. The summed E-state index contributed by atoms with van der Waals surface area (Å²) in [5.41, 5.74) is 1.23. The molecule has 1 heterocycles. The van der Waals surface area contributed by atoms with E-state index in [4.69, 9.17) is 5.26 Å². The first-order valence-corrected chi connectivity index (χ1v) is 4.98. The fourth-order valence-electron chi connectivity index (χ4n) is 1.37. The Morgan fingerprint density at radius 2 is 2.33 bits per heavy atom. The SMILES string of the molecule is CC(C)CC(=O)Cc1cc(C#N)ccn1. The van der Waals surface area contributed by atoms with E-state index in [1.807, 2.05) is 19.9 Å². The van der Waals surface area contributed by atoms with Gasteiger partial charge in [-0.05, 0) is 18.1 Å². The van der Waals surface area contributed by atoms with Gasteiger partial charge in [0.05, 0.1) is 11.6 Å². The van der Waals surface area contributed by atoms with Gasteiger partial charge in [-0.15, -0.1) is 0 Å². The monoisotopic (exact) mass is 202 g/mol. The molecule has 0 saturated heterocycles. The molecule has 78 valence electrons. The third-order valence-corrected chi connectivity index (χ3v) is 1.96. The summed E-state index contributed by atoms with van der Waals surface area (Å²) in [6.45, 7) is 4.02. The van der Waals surface area contributed by atoms with Crippen LogP contribution in [0.3, 0.4) is 0 Å². The van der Waals surface area contributed by atoms with Gasteiger partial charge in [0.2, 0.25) is 0 Å². The molecular weight excluding hydrogens is 188 g/mol. The zero-order valence-electron chi connectivity index (χ0n) is 9.03. The van der Waals surface area contributed by atoms with Crippen molar-refractivity contribution in [2.45, 2.75) is 26.7 Å². The van der Waals surface area contributed by atoms with Crippen LogP contribution in [-0.2, 0) is 11.2 Å². The summed E-state index contributed by atoms with van der Waals surface area (Å²) in [6.07, 6.45) is 2.46. The average molecular weight is 202 g/mol. The van der Waals surface area contributed by atoms with Crippen LogP contribution in [0.5, 0.6) is 0 Å². The summed E-state index contributed by atoms with van der Waals surface area (Å²) < 4.78 is 0. The minimum absolute atomic E-state index is 0.174. The van der Waals surface area contributed by atoms with E-state index in [0.29, 0.717) is 30.0 Å². The lowest BCUT2D eigenvalue weighted by molar-refractivity contribution is -0.119. The number of carbonyl (C=O) groups is 1. The van der Waals surface area contributed by atoms with Crippen molar-refractivity contribution in [2.75, 3.05) is 0 Å². The van der Waals surface area contributed by atoms with Crippen molar-refractivity contribution in [3.05, 3.63) is 29.6 Å². The van der Waals surface area contributed by atoms with Crippen molar-refractivity contribution in [1.82, 2.24) is 4.98 Å². The van der Waals surface area contributed by atoms with Crippen molar-refractivity contribution in [3.63, 3.8) is 0 Å². The molecule has 0 N–H and O–H groups in total. The smallest absolute Gasteiger partial charge is 0.139 e. The van der Waals surface area contributed by atoms with Crippen molar-refractivity contribution < 1.29 is 4.79 Å². The van der Waals surface area contributed by atoms with Crippen LogP contribution >= 0.6 is 0 Å². The van der Waals surface area contributed by atoms with Crippen LogP contribution in [0.1, 0.15) is 31.5 Å². The maximum Gasteiger partial charge on any atom is 0.139 e. The molecular formula is C12H14N2O. The summed E-state index contributed by atoms with van der Waals surface area (Å²) in [5, 5.41) is 8.68. The summed E-state index contributed by atoms with van der Waals surface area (Å²) in [6, 6.07) is 5.33. The van der Waals surface area contributed by atoms with E-state index in [9.17, 15) is 4.79 Å². The van der Waals surface area contributed by atoms with Crippen LogP contribution in [0.4, 0.5) is 0 Å². The Bertz CT molecular complexity index is 391. The van der Waals surface area contributed by atoms with Gasteiger partial charge in [-0.25, -0.2) is 0 Å². The van der Waals surface area contributed by atoms with Gasteiger partial charge in [0.1, 0.15) is 5.78 Å². The summed E-state index contributed by atoms with van der Waals surface area (Å²) in [7, 11) is 0. The molecule has 0 aliphatic rings. The van der Waals surface area contributed by atoms with E-state index in [-0.39, 0.29) is 5.78 Å². The maximum atomic E-state index is 11.5. The molecule has 0 saturated carbocycles. The molecule has 0 atom stereocenters. The number of aromatic nitrogens is 1. The lowest BCUT2D eigenvalue weighted by atomic mass is 10.0. The van der Waals surface area contributed by atoms with E-state index in [1.54, 1.807) is 18.3 Å². The van der Waals surface area contributed by atoms with Gasteiger partial charge in [-0.2, -0.15) is 5.26 Å². The van der Waals surface area contributed by atoms with Crippen LogP contribution in [0.25, 0.3) is 0 Å². The fraction of sp³-hybridized carbons (Fsp3) is 0.417. The molecule has 3 heteroatoms. The highest BCUT2D eigenvalue weighted by molar-refractivity contribution is 5.80. The summed E-state index contributed by atoms with van der Waals surface area (Å²) in [4.78, 5) is 15.6. The van der Waals surface area contributed by atoms with Crippen molar-refractivity contribution in [2.24, 2.45) is 5.92 Å². The Labute approximate surface area is 89.8 Å². The van der Waals surface area contributed by atoms with E-state index in [0.717, 1.165) is 0 Å². The van der Waals surface area contributed by atoms with Gasteiger partial charge >= 0.3 is 0 Å². The number of Topliss-reactive ketones (excluding diaryl/α,β-unsaturated/α-hetero) is 1. The second-order valence-electron chi connectivity index (χ2n) is 3.96. The predicted octanol–water partition coefficient (Wildman–Crippen LogP) is 2.11.